The van der Waals surface area contributed by atoms with Gasteiger partial charge in [0.05, 0.1) is 0 Å². The first-order valence-electron chi connectivity index (χ1n) is 3.43. The van der Waals surface area contributed by atoms with Crippen LogP contribution >= 0.6 is 0 Å². The van der Waals surface area contributed by atoms with Gasteiger partial charge in [-0.2, -0.15) is 0 Å². The molecular weight excluding hydrogens is 98.1 g/mol. The summed E-state index contributed by atoms with van der Waals surface area (Å²) in [7, 11) is 0. The summed E-state index contributed by atoms with van der Waals surface area (Å²) in [6, 6.07) is 0. The molecule has 47 valence electrons. The number of nitrogens with one attached hydrogen (secondary N) is 1. The Bertz CT molecular complexity index is 57.4. The summed E-state index contributed by atoms with van der Waals surface area (Å²) in [5.74, 6) is 1.06. The van der Waals surface area contributed by atoms with E-state index in [1.54, 1.807) is 0 Å². The Morgan fingerprint density at radius 3 is 2.75 bits per heavy atom. The number of hydrogen-bond acceptors (Lipinski definition) is 1. The van der Waals surface area contributed by atoms with Crippen molar-refractivity contribution in [3.63, 3.8) is 0 Å². The molecule has 1 aliphatic carbocycles. The van der Waals surface area contributed by atoms with Crippen LogP contribution in [-0.4, -0.2) is 13.1 Å². The standard InChI is InChI=1S/C7H14N/c1-2-8-6-5-7-3-4-7/h7-8H,1-6H2. The first-order valence-corrected chi connectivity index (χ1v) is 3.43. The van der Waals surface area contributed by atoms with E-state index in [4.69, 9.17) is 0 Å². The highest BCUT2D eigenvalue weighted by molar-refractivity contribution is 4.73. The molecule has 1 saturated carbocycles. The monoisotopic (exact) mass is 112 g/mol. The zero-order chi connectivity index (χ0) is 5.82. The molecule has 0 aliphatic heterocycles. The molecule has 0 saturated heterocycles. The fraction of sp³-hybridized carbons (Fsp3) is 0.857. The van der Waals surface area contributed by atoms with Crippen molar-refractivity contribution in [3.8, 4) is 0 Å². The molecule has 0 heterocycles. The predicted molar refractivity (Wildman–Crippen MR) is 35.6 cm³/mol. The van der Waals surface area contributed by atoms with Crippen LogP contribution in [0.1, 0.15) is 19.3 Å². The van der Waals surface area contributed by atoms with Crippen LogP contribution < -0.4 is 5.32 Å². The smallest absolute Gasteiger partial charge is 0.00463 e. The molecule has 0 bridgehead atoms. The molecule has 1 rings (SSSR count). The summed E-state index contributed by atoms with van der Waals surface area (Å²) in [6.45, 7) is 5.75. The lowest BCUT2D eigenvalue weighted by atomic mass is 10.3. The minimum absolute atomic E-state index is 0.882. The van der Waals surface area contributed by atoms with Gasteiger partial charge in [0.25, 0.3) is 0 Å². The molecule has 0 spiro atoms. The van der Waals surface area contributed by atoms with Crippen LogP contribution in [0.25, 0.3) is 0 Å². The van der Waals surface area contributed by atoms with Crippen LogP contribution in [0, 0.1) is 12.8 Å². The van der Waals surface area contributed by atoms with Crippen LogP contribution in [0.2, 0.25) is 0 Å². The fourth-order valence-electron chi connectivity index (χ4n) is 0.838. The van der Waals surface area contributed by atoms with Gasteiger partial charge < -0.3 is 5.32 Å². The normalized spacial score (nSPS) is 19.1. The van der Waals surface area contributed by atoms with E-state index in [0.29, 0.717) is 0 Å². The highest BCUT2D eigenvalue weighted by Gasteiger charge is 2.19. The Labute approximate surface area is 51.5 Å². The topological polar surface area (TPSA) is 12.0 Å². The first-order chi connectivity index (χ1) is 3.93. The van der Waals surface area contributed by atoms with Gasteiger partial charge in [-0.05, 0) is 32.4 Å². The lowest BCUT2D eigenvalue weighted by molar-refractivity contribution is 0.643. The second kappa shape index (κ2) is 3.08. The van der Waals surface area contributed by atoms with Gasteiger partial charge in [0.1, 0.15) is 0 Å². The van der Waals surface area contributed by atoms with Crippen molar-refractivity contribution in [2.24, 2.45) is 5.92 Å². The Kier molecular flexibility index (Phi) is 2.34. The van der Waals surface area contributed by atoms with E-state index in [9.17, 15) is 0 Å². The molecular formula is C7H14N. The predicted octanol–water partition coefficient (Wildman–Crippen LogP) is 1.21. The number of rotatable bonds is 4. The molecule has 1 fully saturated rings. The van der Waals surface area contributed by atoms with Gasteiger partial charge in [-0.1, -0.05) is 12.8 Å². The highest BCUT2D eigenvalue weighted by atomic mass is 14.8. The summed E-state index contributed by atoms with van der Waals surface area (Å²) in [5, 5.41) is 3.21. The minimum atomic E-state index is 0.882. The molecule has 1 heteroatoms. The molecule has 0 aromatic rings. The van der Waals surface area contributed by atoms with Gasteiger partial charge in [0.15, 0.2) is 0 Å². The van der Waals surface area contributed by atoms with Crippen molar-refractivity contribution in [1.29, 1.82) is 0 Å². The lowest BCUT2D eigenvalue weighted by Crippen LogP contribution is -2.14. The Morgan fingerprint density at radius 1 is 1.50 bits per heavy atom. The maximum atomic E-state index is 3.69. The maximum Gasteiger partial charge on any atom is -0.00463 e. The Morgan fingerprint density at radius 2 is 2.25 bits per heavy atom. The van der Waals surface area contributed by atoms with Crippen molar-refractivity contribution in [1.82, 2.24) is 5.32 Å². The second-order valence-electron chi connectivity index (χ2n) is 2.48. The zero-order valence-electron chi connectivity index (χ0n) is 5.32. The fourth-order valence-corrected chi connectivity index (χ4v) is 0.838. The van der Waals surface area contributed by atoms with Crippen LogP contribution in [0.15, 0.2) is 0 Å². The van der Waals surface area contributed by atoms with Gasteiger partial charge >= 0.3 is 0 Å². The quantitative estimate of drug-likeness (QED) is 0.539. The molecule has 0 unspecified atom stereocenters. The molecule has 0 aromatic heterocycles. The van der Waals surface area contributed by atoms with Gasteiger partial charge in [-0.3, -0.25) is 0 Å². The molecule has 1 radical (unpaired) electrons. The Hall–Kier alpha value is -0.0400. The lowest BCUT2D eigenvalue weighted by Gasteiger charge is -1.96. The van der Waals surface area contributed by atoms with Crippen molar-refractivity contribution in [3.05, 3.63) is 6.92 Å². The summed E-state index contributed by atoms with van der Waals surface area (Å²) < 4.78 is 0. The molecule has 0 amide bonds. The maximum absolute atomic E-state index is 3.69. The van der Waals surface area contributed by atoms with Crippen LogP contribution in [0.4, 0.5) is 0 Å². The van der Waals surface area contributed by atoms with Gasteiger partial charge in [-0.25, -0.2) is 0 Å². The molecule has 1 nitrogen and oxygen atoms in total. The third-order valence-electron chi connectivity index (χ3n) is 1.60. The number of hydrogen-bond donors (Lipinski definition) is 1. The van der Waals surface area contributed by atoms with Gasteiger partial charge in [0.2, 0.25) is 0 Å². The Balaban J connectivity index is 1.74. The SMILES string of the molecule is [CH2]CNCCC1CC1. The van der Waals surface area contributed by atoms with Gasteiger partial charge in [0, 0.05) is 0 Å². The van der Waals surface area contributed by atoms with E-state index in [2.05, 4.69) is 12.2 Å². The summed E-state index contributed by atoms with van der Waals surface area (Å²) in [5.41, 5.74) is 0. The van der Waals surface area contributed by atoms with Crippen LogP contribution in [-0.2, 0) is 0 Å². The average Bonchev–Trinajstić information content (AvgIpc) is 2.51. The highest BCUT2D eigenvalue weighted by Crippen LogP contribution is 2.31. The van der Waals surface area contributed by atoms with Crippen molar-refractivity contribution in [2.75, 3.05) is 13.1 Å². The van der Waals surface area contributed by atoms with Gasteiger partial charge in [-0.15, -0.1) is 0 Å². The molecule has 1 aliphatic rings. The molecule has 8 heavy (non-hydrogen) atoms. The van der Waals surface area contributed by atoms with Crippen molar-refractivity contribution < 1.29 is 0 Å². The van der Waals surface area contributed by atoms with E-state index in [1.165, 1.54) is 25.8 Å². The third kappa shape index (κ3) is 2.31. The molecule has 1 N–H and O–H groups in total. The largest absolute Gasteiger partial charge is 0.317 e. The van der Waals surface area contributed by atoms with Crippen molar-refractivity contribution >= 4 is 0 Å². The van der Waals surface area contributed by atoms with Crippen LogP contribution in [0.5, 0.6) is 0 Å². The molecule has 0 atom stereocenters. The van der Waals surface area contributed by atoms with E-state index >= 15 is 0 Å². The summed E-state index contributed by atoms with van der Waals surface area (Å²) in [4.78, 5) is 0. The van der Waals surface area contributed by atoms with E-state index in [-0.39, 0.29) is 0 Å². The van der Waals surface area contributed by atoms with Crippen LogP contribution in [0.3, 0.4) is 0 Å². The van der Waals surface area contributed by atoms with Crippen molar-refractivity contribution in [2.45, 2.75) is 19.3 Å². The van der Waals surface area contributed by atoms with E-state index < -0.39 is 0 Å². The average molecular weight is 112 g/mol. The summed E-state index contributed by atoms with van der Waals surface area (Å²) >= 11 is 0. The first kappa shape index (κ1) is 6.09. The second-order valence-corrected chi connectivity index (χ2v) is 2.48. The van der Waals surface area contributed by atoms with E-state index in [1.807, 2.05) is 0 Å². The summed E-state index contributed by atoms with van der Waals surface area (Å²) in [6.07, 6.45) is 4.31. The molecule has 0 aromatic carbocycles. The minimum Gasteiger partial charge on any atom is -0.317 e. The third-order valence-corrected chi connectivity index (χ3v) is 1.60. The zero-order valence-corrected chi connectivity index (χ0v) is 5.32. The van der Waals surface area contributed by atoms with E-state index in [0.717, 1.165) is 12.5 Å².